The standard InChI is InChI=1S/C24H28N6O2S/c1-2-3-4-5-6-7-15-31-22-10-8-9-21(16-22)30-17-20(26-29-30)18-33-24-28-27-23(32-24)19-11-13-25-14-12-19/h8-14,16-17H,2-7,15,18H2,1H3. The normalized spacial score (nSPS) is 11.1. The van der Waals surface area contributed by atoms with E-state index < -0.39 is 0 Å². The smallest absolute Gasteiger partial charge is 0.277 e. The van der Waals surface area contributed by atoms with Crippen molar-refractivity contribution in [2.75, 3.05) is 6.61 Å². The third-order valence-electron chi connectivity index (χ3n) is 5.07. The average Bonchev–Trinajstić information content (AvgIpc) is 3.53. The first-order valence-electron chi connectivity index (χ1n) is 11.3. The summed E-state index contributed by atoms with van der Waals surface area (Å²) < 4.78 is 13.4. The summed E-state index contributed by atoms with van der Waals surface area (Å²) in [6, 6.07) is 11.6. The van der Waals surface area contributed by atoms with E-state index in [9.17, 15) is 0 Å². The highest BCUT2D eigenvalue weighted by atomic mass is 32.2. The Bertz CT molecular complexity index is 1110. The van der Waals surface area contributed by atoms with Gasteiger partial charge in [0.2, 0.25) is 5.89 Å². The minimum atomic E-state index is 0.473. The monoisotopic (exact) mass is 464 g/mol. The molecule has 0 amide bonds. The molecule has 33 heavy (non-hydrogen) atoms. The summed E-state index contributed by atoms with van der Waals surface area (Å²) in [4.78, 5) is 4.00. The molecule has 0 N–H and O–H groups in total. The third-order valence-corrected chi connectivity index (χ3v) is 5.92. The summed E-state index contributed by atoms with van der Waals surface area (Å²) in [5.41, 5.74) is 2.58. The Balaban J connectivity index is 1.27. The van der Waals surface area contributed by atoms with Crippen LogP contribution < -0.4 is 4.74 Å². The maximum atomic E-state index is 5.93. The van der Waals surface area contributed by atoms with Crippen molar-refractivity contribution >= 4 is 11.8 Å². The molecule has 0 unspecified atom stereocenters. The summed E-state index contributed by atoms with van der Waals surface area (Å²) in [6.07, 6.45) is 12.8. The van der Waals surface area contributed by atoms with Gasteiger partial charge >= 0.3 is 0 Å². The van der Waals surface area contributed by atoms with Gasteiger partial charge in [0.1, 0.15) is 5.75 Å². The molecule has 0 radical (unpaired) electrons. The van der Waals surface area contributed by atoms with Crippen LogP contribution in [-0.2, 0) is 5.75 Å². The van der Waals surface area contributed by atoms with Crippen LogP contribution in [0.25, 0.3) is 17.1 Å². The second kappa shape index (κ2) is 12.2. The number of nitrogens with zero attached hydrogens (tertiary/aromatic N) is 6. The number of thioether (sulfide) groups is 1. The van der Waals surface area contributed by atoms with Gasteiger partial charge < -0.3 is 9.15 Å². The van der Waals surface area contributed by atoms with E-state index in [1.54, 1.807) is 17.1 Å². The van der Waals surface area contributed by atoms with Crippen LogP contribution in [0.1, 0.15) is 51.1 Å². The minimum Gasteiger partial charge on any atom is -0.494 e. The van der Waals surface area contributed by atoms with Gasteiger partial charge in [-0.05, 0) is 30.7 Å². The van der Waals surface area contributed by atoms with Crippen molar-refractivity contribution in [1.29, 1.82) is 0 Å². The number of ether oxygens (including phenoxy) is 1. The molecule has 0 aliphatic heterocycles. The lowest BCUT2D eigenvalue weighted by Gasteiger charge is -2.08. The first-order chi connectivity index (χ1) is 16.3. The first kappa shape index (κ1) is 23.0. The van der Waals surface area contributed by atoms with Crippen LogP contribution in [0.15, 0.2) is 64.6 Å². The Kier molecular flexibility index (Phi) is 8.46. The van der Waals surface area contributed by atoms with Gasteiger partial charge in [0, 0.05) is 29.8 Å². The molecule has 0 saturated carbocycles. The minimum absolute atomic E-state index is 0.473. The molecule has 3 heterocycles. The molecule has 0 fully saturated rings. The molecule has 172 valence electrons. The molecule has 0 atom stereocenters. The molecule has 4 aromatic rings. The number of hydrogen-bond donors (Lipinski definition) is 0. The van der Waals surface area contributed by atoms with Crippen molar-refractivity contribution in [1.82, 2.24) is 30.2 Å². The summed E-state index contributed by atoms with van der Waals surface area (Å²) in [5, 5.41) is 17.2. The summed E-state index contributed by atoms with van der Waals surface area (Å²) in [5.74, 6) is 1.90. The topological polar surface area (TPSA) is 91.8 Å². The highest BCUT2D eigenvalue weighted by Gasteiger charge is 2.11. The molecule has 8 nitrogen and oxygen atoms in total. The lowest BCUT2D eigenvalue weighted by Crippen LogP contribution is -1.99. The van der Waals surface area contributed by atoms with E-state index >= 15 is 0 Å². The largest absolute Gasteiger partial charge is 0.494 e. The zero-order valence-electron chi connectivity index (χ0n) is 18.8. The molecule has 0 saturated heterocycles. The van der Waals surface area contributed by atoms with Crippen LogP contribution in [0, 0.1) is 0 Å². The second-order valence-corrected chi connectivity index (χ2v) is 8.59. The second-order valence-electron chi connectivity index (χ2n) is 7.67. The van der Waals surface area contributed by atoms with Crippen molar-refractivity contribution in [3.8, 4) is 22.9 Å². The van der Waals surface area contributed by atoms with Crippen LogP contribution in [0.5, 0.6) is 5.75 Å². The fraction of sp³-hybridized carbons (Fsp3) is 0.375. The van der Waals surface area contributed by atoms with Crippen LogP contribution in [0.3, 0.4) is 0 Å². The summed E-state index contributed by atoms with van der Waals surface area (Å²) in [7, 11) is 0. The van der Waals surface area contributed by atoms with Crippen molar-refractivity contribution in [2.24, 2.45) is 0 Å². The number of pyridine rings is 1. The Hall–Kier alpha value is -3.20. The maximum Gasteiger partial charge on any atom is 0.277 e. The van der Waals surface area contributed by atoms with Gasteiger partial charge in [0.25, 0.3) is 5.22 Å². The average molecular weight is 465 g/mol. The van der Waals surface area contributed by atoms with Crippen LogP contribution in [0.4, 0.5) is 0 Å². The van der Waals surface area contributed by atoms with Crippen LogP contribution in [0.2, 0.25) is 0 Å². The van der Waals surface area contributed by atoms with Gasteiger partial charge in [0.05, 0.1) is 24.2 Å². The van der Waals surface area contributed by atoms with E-state index in [-0.39, 0.29) is 0 Å². The fourth-order valence-corrected chi connectivity index (χ4v) is 3.93. The van der Waals surface area contributed by atoms with Gasteiger partial charge in [-0.2, -0.15) is 0 Å². The van der Waals surface area contributed by atoms with Gasteiger partial charge in [-0.1, -0.05) is 62.1 Å². The summed E-state index contributed by atoms with van der Waals surface area (Å²) in [6.45, 7) is 2.97. The summed E-state index contributed by atoms with van der Waals surface area (Å²) >= 11 is 1.42. The van der Waals surface area contributed by atoms with Crippen molar-refractivity contribution in [2.45, 2.75) is 56.4 Å². The zero-order valence-corrected chi connectivity index (χ0v) is 19.6. The van der Waals surface area contributed by atoms with E-state index in [0.717, 1.165) is 35.7 Å². The Morgan fingerprint density at radius 3 is 2.70 bits per heavy atom. The van der Waals surface area contributed by atoms with Gasteiger partial charge in [0.15, 0.2) is 0 Å². The van der Waals surface area contributed by atoms with Gasteiger partial charge in [-0.15, -0.1) is 15.3 Å². The molecule has 0 bridgehead atoms. The van der Waals surface area contributed by atoms with Gasteiger partial charge in [-0.25, -0.2) is 4.68 Å². The molecular formula is C24H28N6O2S. The molecule has 1 aromatic carbocycles. The molecule has 4 rings (SSSR count). The van der Waals surface area contributed by atoms with Crippen molar-refractivity contribution in [3.05, 3.63) is 60.7 Å². The zero-order chi connectivity index (χ0) is 22.7. The van der Waals surface area contributed by atoms with E-state index in [1.165, 1.54) is 43.9 Å². The number of benzene rings is 1. The predicted octanol–water partition coefficient (Wildman–Crippen LogP) is 5.74. The molecule has 3 aromatic heterocycles. The molecule has 0 aliphatic rings. The number of hydrogen-bond acceptors (Lipinski definition) is 8. The Morgan fingerprint density at radius 1 is 0.970 bits per heavy atom. The molecule has 0 aliphatic carbocycles. The van der Waals surface area contributed by atoms with Gasteiger partial charge in [-0.3, -0.25) is 4.98 Å². The Labute approximate surface area is 197 Å². The van der Waals surface area contributed by atoms with E-state index in [4.69, 9.17) is 9.15 Å². The molecule has 0 spiro atoms. The van der Waals surface area contributed by atoms with E-state index in [2.05, 4.69) is 32.4 Å². The first-order valence-corrected chi connectivity index (χ1v) is 12.3. The predicted molar refractivity (Wildman–Crippen MR) is 127 cm³/mol. The van der Waals surface area contributed by atoms with Crippen LogP contribution >= 0.6 is 11.8 Å². The van der Waals surface area contributed by atoms with Crippen molar-refractivity contribution < 1.29 is 9.15 Å². The fourth-order valence-electron chi connectivity index (χ4n) is 3.29. The number of aromatic nitrogens is 6. The van der Waals surface area contributed by atoms with E-state index in [0.29, 0.717) is 16.9 Å². The molecule has 9 heteroatoms. The maximum absolute atomic E-state index is 5.93. The number of rotatable bonds is 13. The van der Waals surface area contributed by atoms with E-state index in [1.807, 2.05) is 42.6 Å². The Morgan fingerprint density at radius 2 is 1.82 bits per heavy atom. The number of unbranched alkanes of at least 4 members (excludes halogenated alkanes) is 5. The lowest BCUT2D eigenvalue weighted by molar-refractivity contribution is 0.304. The highest BCUT2D eigenvalue weighted by Crippen LogP contribution is 2.25. The van der Waals surface area contributed by atoms with Crippen LogP contribution in [-0.4, -0.2) is 36.8 Å². The third kappa shape index (κ3) is 6.89. The lowest BCUT2D eigenvalue weighted by atomic mass is 10.1. The highest BCUT2D eigenvalue weighted by molar-refractivity contribution is 7.98. The SMILES string of the molecule is CCCCCCCCOc1cccc(-n2cc(CSc3nnc(-c4ccncc4)o3)nn2)c1. The van der Waals surface area contributed by atoms with Crippen molar-refractivity contribution in [3.63, 3.8) is 0 Å². The quantitative estimate of drug-likeness (QED) is 0.183. The molecular weight excluding hydrogens is 436 g/mol.